The molecule has 2 amide bonds. The van der Waals surface area contributed by atoms with Gasteiger partial charge in [0.05, 0.1) is 5.69 Å². The standard InChI is InChI=1S/C24H19NO2/c1-16-8-7-11-19(14-16)25-23(26)21-13-6-5-12-20(21)22(24(25)27)15-18-10-4-3-9-17(18)2/h3-15H,1-2H3/b22-15-. The lowest BCUT2D eigenvalue weighted by molar-refractivity contribution is -0.112. The van der Waals surface area contributed by atoms with Crippen LogP contribution in [0.15, 0.2) is 72.8 Å². The second-order valence-corrected chi connectivity index (χ2v) is 6.74. The average molecular weight is 353 g/mol. The predicted molar refractivity (Wildman–Crippen MR) is 108 cm³/mol. The third-order valence-corrected chi connectivity index (χ3v) is 4.83. The van der Waals surface area contributed by atoms with Crippen molar-refractivity contribution < 1.29 is 9.59 Å². The van der Waals surface area contributed by atoms with Gasteiger partial charge in [-0.25, -0.2) is 4.90 Å². The number of hydrogen-bond donors (Lipinski definition) is 0. The van der Waals surface area contributed by atoms with Gasteiger partial charge in [0.15, 0.2) is 0 Å². The third kappa shape index (κ3) is 2.97. The van der Waals surface area contributed by atoms with Crippen LogP contribution < -0.4 is 4.90 Å². The molecule has 0 saturated heterocycles. The Labute approximate surface area is 158 Å². The average Bonchev–Trinajstić information content (AvgIpc) is 2.67. The van der Waals surface area contributed by atoms with Gasteiger partial charge in [0.25, 0.3) is 11.8 Å². The van der Waals surface area contributed by atoms with E-state index in [0.29, 0.717) is 22.4 Å². The Morgan fingerprint density at radius 1 is 0.741 bits per heavy atom. The number of benzene rings is 3. The van der Waals surface area contributed by atoms with Gasteiger partial charge in [-0.2, -0.15) is 0 Å². The van der Waals surface area contributed by atoms with E-state index in [9.17, 15) is 9.59 Å². The van der Waals surface area contributed by atoms with Crippen molar-refractivity contribution >= 4 is 29.2 Å². The summed E-state index contributed by atoms with van der Waals surface area (Å²) in [5.41, 5.74) is 5.38. The number of hydrogen-bond acceptors (Lipinski definition) is 2. The summed E-state index contributed by atoms with van der Waals surface area (Å²) >= 11 is 0. The van der Waals surface area contributed by atoms with Crippen LogP contribution in [0.3, 0.4) is 0 Å². The van der Waals surface area contributed by atoms with Gasteiger partial charge in [0.1, 0.15) is 0 Å². The van der Waals surface area contributed by atoms with Crippen molar-refractivity contribution in [3.05, 3.63) is 101 Å². The second-order valence-electron chi connectivity index (χ2n) is 6.74. The molecule has 3 nitrogen and oxygen atoms in total. The van der Waals surface area contributed by atoms with Crippen LogP contribution in [0.2, 0.25) is 0 Å². The minimum absolute atomic E-state index is 0.289. The Kier molecular flexibility index (Phi) is 4.21. The van der Waals surface area contributed by atoms with Crippen LogP contribution in [0.4, 0.5) is 5.69 Å². The summed E-state index contributed by atoms with van der Waals surface area (Å²) in [4.78, 5) is 27.7. The number of fused-ring (bicyclic) bond motifs is 1. The van der Waals surface area contributed by atoms with Gasteiger partial charge in [-0.05, 0) is 60.4 Å². The molecule has 132 valence electrons. The van der Waals surface area contributed by atoms with Gasteiger partial charge in [0, 0.05) is 11.1 Å². The van der Waals surface area contributed by atoms with Gasteiger partial charge in [0.2, 0.25) is 0 Å². The Morgan fingerprint density at radius 3 is 2.19 bits per heavy atom. The molecule has 0 bridgehead atoms. The zero-order chi connectivity index (χ0) is 19.0. The first-order chi connectivity index (χ1) is 13.1. The van der Waals surface area contributed by atoms with Crippen molar-refractivity contribution in [1.82, 2.24) is 0 Å². The highest BCUT2D eigenvalue weighted by Gasteiger charge is 2.35. The monoisotopic (exact) mass is 353 g/mol. The number of amides is 2. The first-order valence-electron chi connectivity index (χ1n) is 8.88. The van der Waals surface area contributed by atoms with Gasteiger partial charge >= 0.3 is 0 Å². The summed E-state index contributed by atoms with van der Waals surface area (Å²) in [6.45, 7) is 3.95. The number of aryl methyl sites for hydroxylation is 2. The molecular weight excluding hydrogens is 334 g/mol. The molecule has 0 spiro atoms. The summed E-state index contributed by atoms with van der Waals surface area (Å²) in [5, 5.41) is 0. The molecule has 0 aromatic heterocycles. The SMILES string of the molecule is Cc1cccc(N2C(=O)/C(=C\c3ccccc3C)c3ccccc3C2=O)c1. The molecule has 0 unspecified atom stereocenters. The molecule has 0 atom stereocenters. The van der Waals surface area contributed by atoms with Crippen molar-refractivity contribution in [2.24, 2.45) is 0 Å². The largest absolute Gasteiger partial charge is 0.268 e. The summed E-state index contributed by atoms with van der Waals surface area (Å²) < 4.78 is 0. The summed E-state index contributed by atoms with van der Waals surface area (Å²) in [7, 11) is 0. The van der Waals surface area contributed by atoms with Crippen molar-refractivity contribution in [2.75, 3.05) is 4.90 Å². The second kappa shape index (κ2) is 6.69. The lowest BCUT2D eigenvalue weighted by Crippen LogP contribution is -2.41. The predicted octanol–water partition coefficient (Wildman–Crippen LogP) is 5.03. The molecule has 0 fully saturated rings. The van der Waals surface area contributed by atoms with Crippen LogP contribution in [0.1, 0.15) is 32.6 Å². The van der Waals surface area contributed by atoms with Crippen molar-refractivity contribution in [3.63, 3.8) is 0 Å². The topological polar surface area (TPSA) is 37.4 Å². The van der Waals surface area contributed by atoms with Gasteiger partial charge in [-0.15, -0.1) is 0 Å². The summed E-state index contributed by atoms with van der Waals surface area (Å²) in [6, 6.07) is 22.6. The van der Waals surface area contributed by atoms with E-state index in [0.717, 1.165) is 16.7 Å². The number of anilines is 1. The summed E-state index contributed by atoms with van der Waals surface area (Å²) in [5.74, 6) is -0.587. The Hall–Kier alpha value is -3.46. The normalized spacial score (nSPS) is 15.2. The van der Waals surface area contributed by atoms with Crippen molar-refractivity contribution in [2.45, 2.75) is 13.8 Å². The highest BCUT2D eigenvalue weighted by atomic mass is 16.2. The fourth-order valence-electron chi connectivity index (χ4n) is 3.40. The van der Waals surface area contributed by atoms with E-state index in [1.54, 1.807) is 12.1 Å². The molecule has 0 aliphatic carbocycles. The number of rotatable bonds is 2. The smallest absolute Gasteiger partial charge is 0.265 e. The first kappa shape index (κ1) is 17.0. The Balaban J connectivity index is 1.93. The minimum atomic E-state index is -0.299. The van der Waals surface area contributed by atoms with E-state index in [1.165, 1.54) is 4.90 Å². The van der Waals surface area contributed by atoms with Crippen LogP contribution in [0.25, 0.3) is 11.6 Å². The highest BCUT2D eigenvalue weighted by molar-refractivity contribution is 6.43. The van der Waals surface area contributed by atoms with Crippen LogP contribution in [-0.2, 0) is 4.79 Å². The quantitative estimate of drug-likeness (QED) is 0.478. The molecule has 27 heavy (non-hydrogen) atoms. The van der Waals surface area contributed by atoms with E-state index in [-0.39, 0.29) is 11.8 Å². The van der Waals surface area contributed by atoms with Gasteiger partial charge < -0.3 is 0 Å². The molecule has 0 saturated carbocycles. The molecule has 0 N–H and O–H groups in total. The van der Waals surface area contributed by atoms with Crippen molar-refractivity contribution in [1.29, 1.82) is 0 Å². The van der Waals surface area contributed by atoms with Crippen LogP contribution in [0, 0.1) is 13.8 Å². The molecule has 1 aliphatic heterocycles. The van der Waals surface area contributed by atoms with Gasteiger partial charge in [-0.1, -0.05) is 54.6 Å². The lowest BCUT2D eigenvalue weighted by atomic mass is 9.91. The zero-order valence-electron chi connectivity index (χ0n) is 15.3. The molecule has 3 aromatic carbocycles. The van der Waals surface area contributed by atoms with E-state index in [4.69, 9.17) is 0 Å². The minimum Gasteiger partial charge on any atom is -0.268 e. The molecule has 3 heteroatoms. The van der Waals surface area contributed by atoms with E-state index in [1.807, 2.05) is 80.6 Å². The first-order valence-corrected chi connectivity index (χ1v) is 8.88. The number of carbonyl (C=O) groups is 2. The Morgan fingerprint density at radius 2 is 1.44 bits per heavy atom. The molecule has 1 aliphatic rings. The maximum Gasteiger partial charge on any atom is 0.265 e. The summed E-state index contributed by atoms with van der Waals surface area (Å²) in [6.07, 6.45) is 1.88. The molecular formula is C24H19NO2. The van der Waals surface area contributed by atoms with Crippen LogP contribution >= 0.6 is 0 Å². The molecule has 4 rings (SSSR count). The zero-order valence-corrected chi connectivity index (χ0v) is 15.3. The number of nitrogens with zero attached hydrogens (tertiary/aromatic N) is 1. The van der Waals surface area contributed by atoms with E-state index < -0.39 is 0 Å². The maximum atomic E-state index is 13.4. The highest BCUT2D eigenvalue weighted by Crippen LogP contribution is 2.33. The fourth-order valence-corrected chi connectivity index (χ4v) is 3.40. The van der Waals surface area contributed by atoms with Gasteiger partial charge in [-0.3, -0.25) is 9.59 Å². The fraction of sp³-hybridized carbons (Fsp3) is 0.0833. The third-order valence-electron chi connectivity index (χ3n) is 4.83. The van der Waals surface area contributed by atoms with E-state index >= 15 is 0 Å². The van der Waals surface area contributed by atoms with Crippen LogP contribution in [-0.4, -0.2) is 11.8 Å². The Bertz CT molecular complexity index is 1090. The maximum absolute atomic E-state index is 13.4. The number of carbonyl (C=O) groups excluding carboxylic acids is 2. The molecule has 1 heterocycles. The lowest BCUT2D eigenvalue weighted by Gasteiger charge is -2.29. The molecule has 0 radical (unpaired) electrons. The van der Waals surface area contributed by atoms with Crippen LogP contribution in [0.5, 0.6) is 0 Å². The van der Waals surface area contributed by atoms with Crippen molar-refractivity contribution in [3.8, 4) is 0 Å². The molecule has 3 aromatic rings. The van der Waals surface area contributed by atoms with E-state index in [2.05, 4.69) is 0 Å². The number of imide groups is 1.